The fourth-order valence-electron chi connectivity index (χ4n) is 2.41. The topological polar surface area (TPSA) is 35.5 Å². The second-order valence-corrected chi connectivity index (χ2v) is 7.23. The first-order valence-corrected chi connectivity index (χ1v) is 9.29. The molecular formula is C17H20ClO3P. The van der Waals surface area contributed by atoms with Gasteiger partial charge in [0.05, 0.1) is 13.2 Å². The Labute approximate surface area is 136 Å². The molecule has 0 fully saturated rings. The van der Waals surface area contributed by atoms with E-state index in [1.54, 1.807) is 19.9 Å². The summed E-state index contributed by atoms with van der Waals surface area (Å²) in [6.45, 7) is 4.23. The maximum Gasteiger partial charge on any atom is 0.342 e. The van der Waals surface area contributed by atoms with Gasteiger partial charge in [-0.3, -0.25) is 4.57 Å². The molecule has 0 N–H and O–H groups in total. The smallest absolute Gasteiger partial charge is 0.308 e. The van der Waals surface area contributed by atoms with Crippen LogP contribution in [0.25, 0.3) is 0 Å². The second kappa shape index (κ2) is 7.94. The summed E-state index contributed by atoms with van der Waals surface area (Å²) in [4.78, 5) is 0. The fraction of sp³-hybridized carbons (Fsp3) is 0.294. The van der Waals surface area contributed by atoms with Crippen LogP contribution in [0.1, 0.15) is 30.6 Å². The Morgan fingerprint density at radius 3 is 2.05 bits per heavy atom. The maximum atomic E-state index is 13.4. The lowest BCUT2D eigenvalue weighted by molar-refractivity contribution is 0.215. The third kappa shape index (κ3) is 3.80. The standard InChI is InChI=1S/C17H20ClO3P/c1-3-20-22(19,21-4-2)17(14-10-6-5-7-11-14)15-12-8-9-13-16(15)18/h5-13,17H,3-4H2,1-2H3. The summed E-state index contributed by atoms with van der Waals surface area (Å²) in [5, 5.41) is 0.552. The summed E-state index contributed by atoms with van der Waals surface area (Å²) in [6.07, 6.45) is 0. The Kier molecular flexibility index (Phi) is 6.22. The van der Waals surface area contributed by atoms with E-state index >= 15 is 0 Å². The van der Waals surface area contributed by atoms with Crippen LogP contribution in [0, 0.1) is 0 Å². The monoisotopic (exact) mass is 338 g/mol. The molecule has 0 amide bonds. The lowest BCUT2D eigenvalue weighted by Crippen LogP contribution is -2.09. The first-order chi connectivity index (χ1) is 10.6. The minimum atomic E-state index is -3.38. The predicted octanol–water partition coefficient (Wildman–Crippen LogP) is 5.70. The van der Waals surface area contributed by atoms with Crippen molar-refractivity contribution in [3.63, 3.8) is 0 Å². The van der Waals surface area contributed by atoms with E-state index in [9.17, 15) is 4.57 Å². The summed E-state index contributed by atoms with van der Waals surface area (Å²) in [6, 6.07) is 16.9. The van der Waals surface area contributed by atoms with Crippen LogP contribution in [0.15, 0.2) is 54.6 Å². The largest absolute Gasteiger partial charge is 0.342 e. The maximum absolute atomic E-state index is 13.4. The van der Waals surface area contributed by atoms with E-state index in [0.29, 0.717) is 18.2 Å². The zero-order chi connectivity index (χ0) is 16.0. The van der Waals surface area contributed by atoms with Crippen molar-refractivity contribution >= 4 is 19.2 Å². The van der Waals surface area contributed by atoms with Crippen molar-refractivity contribution in [2.45, 2.75) is 19.5 Å². The summed E-state index contributed by atoms with van der Waals surface area (Å²) in [7, 11) is -3.38. The molecule has 1 atom stereocenters. The normalized spacial score (nSPS) is 13.0. The lowest BCUT2D eigenvalue weighted by Gasteiger charge is -2.27. The molecule has 0 radical (unpaired) electrons. The van der Waals surface area contributed by atoms with Gasteiger partial charge in [-0.1, -0.05) is 60.1 Å². The second-order valence-electron chi connectivity index (χ2n) is 4.71. The average molecular weight is 339 g/mol. The summed E-state index contributed by atoms with van der Waals surface area (Å²) >= 11 is 6.34. The highest BCUT2D eigenvalue weighted by atomic mass is 35.5. The molecule has 118 valence electrons. The van der Waals surface area contributed by atoms with Gasteiger partial charge in [0.15, 0.2) is 0 Å². The highest BCUT2D eigenvalue weighted by Gasteiger charge is 2.39. The molecule has 0 aliphatic rings. The Bertz CT molecular complexity index is 635. The van der Waals surface area contributed by atoms with Crippen LogP contribution >= 0.6 is 19.2 Å². The minimum Gasteiger partial charge on any atom is -0.308 e. The van der Waals surface area contributed by atoms with Crippen molar-refractivity contribution in [2.24, 2.45) is 0 Å². The van der Waals surface area contributed by atoms with Gasteiger partial charge < -0.3 is 9.05 Å². The quantitative estimate of drug-likeness (QED) is 0.608. The number of hydrogen-bond donors (Lipinski definition) is 0. The van der Waals surface area contributed by atoms with Gasteiger partial charge in [-0.15, -0.1) is 0 Å². The van der Waals surface area contributed by atoms with Crippen LogP contribution in [-0.2, 0) is 13.6 Å². The van der Waals surface area contributed by atoms with Crippen LogP contribution in [0.2, 0.25) is 5.02 Å². The van der Waals surface area contributed by atoms with Crippen molar-refractivity contribution in [3.8, 4) is 0 Å². The molecule has 0 heterocycles. The number of benzene rings is 2. The van der Waals surface area contributed by atoms with Crippen molar-refractivity contribution in [1.82, 2.24) is 0 Å². The summed E-state index contributed by atoms with van der Waals surface area (Å²) in [5.41, 5.74) is 1.07. The molecule has 2 aromatic carbocycles. The van der Waals surface area contributed by atoms with Crippen LogP contribution in [-0.4, -0.2) is 13.2 Å². The van der Waals surface area contributed by atoms with E-state index in [1.165, 1.54) is 0 Å². The van der Waals surface area contributed by atoms with Crippen molar-refractivity contribution in [1.29, 1.82) is 0 Å². The van der Waals surface area contributed by atoms with Gasteiger partial charge in [0.1, 0.15) is 5.66 Å². The number of halogens is 1. The highest BCUT2D eigenvalue weighted by molar-refractivity contribution is 7.54. The first kappa shape index (κ1) is 17.2. The van der Waals surface area contributed by atoms with Gasteiger partial charge in [0.2, 0.25) is 0 Å². The van der Waals surface area contributed by atoms with Crippen LogP contribution < -0.4 is 0 Å². The Hall–Kier alpha value is -1.12. The molecule has 2 aromatic rings. The van der Waals surface area contributed by atoms with Crippen LogP contribution in [0.3, 0.4) is 0 Å². The number of rotatable bonds is 7. The zero-order valence-electron chi connectivity index (χ0n) is 12.7. The third-order valence-electron chi connectivity index (χ3n) is 3.25. The SMILES string of the molecule is CCOP(=O)(OCC)C(c1ccccc1)c1ccccc1Cl. The Morgan fingerprint density at radius 2 is 1.50 bits per heavy atom. The van der Waals surface area contributed by atoms with Crippen LogP contribution in [0.4, 0.5) is 0 Å². The molecule has 0 aromatic heterocycles. The molecule has 5 heteroatoms. The highest BCUT2D eigenvalue weighted by Crippen LogP contribution is 2.64. The molecule has 22 heavy (non-hydrogen) atoms. The minimum absolute atomic E-state index is 0.311. The van der Waals surface area contributed by atoms with E-state index < -0.39 is 13.3 Å². The average Bonchev–Trinajstić information content (AvgIpc) is 2.51. The van der Waals surface area contributed by atoms with Gasteiger partial charge in [-0.25, -0.2) is 0 Å². The van der Waals surface area contributed by atoms with Gasteiger partial charge in [-0.05, 0) is 31.0 Å². The summed E-state index contributed by atoms with van der Waals surface area (Å²) < 4.78 is 24.5. The molecule has 3 nitrogen and oxygen atoms in total. The molecular weight excluding hydrogens is 319 g/mol. The molecule has 2 rings (SSSR count). The molecule has 0 spiro atoms. The number of hydrogen-bond acceptors (Lipinski definition) is 3. The molecule has 0 aliphatic carbocycles. The predicted molar refractivity (Wildman–Crippen MR) is 90.6 cm³/mol. The molecule has 1 unspecified atom stereocenters. The third-order valence-corrected chi connectivity index (χ3v) is 6.04. The van der Waals surface area contributed by atoms with E-state index in [4.69, 9.17) is 20.6 Å². The van der Waals surface area contributed by atoms with Gasteiger partial charge in [0, 0.05) is 5.02 Å². The van der Waals surface area contributed by atoms with Gasteiger partial charge >= 0.3 is 7.60 Å². The molecule has 0 aliphatic heterocycles. The Morgan fingerprint density at radius 1 is 0.955 bits per heavy atom. The Balaban J connectivity index is 2.60. The lowest BCUT2D eigenvalue weighted by atomic mass is 10.0. The molecule has 0 saturated heterocycles. The van der Waals surface area contributed by atoms with Crippen LogP contribution in [0.5, 0.6) is 0 Å². The molecule has 0 bridgehead atoms. The van der Waals surface area contributed by atoms with E-state index in [2.05, 4.69) is 0 Å². The molecule has 0 saturated carbocycles. The van der Waals surface area contributed by atoms with Gasteiger partial charge in [-0.2, -0.15) is 0 Å². The summed E-state index contributed by atoms with van der Waals surface area (Å²) in [5.74, 6) is 0. The van der Waals surface area contributed by atoms with Crippen molar-refractivity contribution in [3.05, 3.63) is 70.7 Å². The van der Waals surface area contributed by atoms with E-state index in [0.717, 1.165) is 11.1 Å². The van der Waals surface area contributed by atoms with Crippen molar-refractivity contribution < 1.29 is 13.6 Å². The van der Waals surface area contributed by atoms with E-state index in [1.807, 2.05) is 48.5 Å². The first-order valence-electron chi connectivity index (χ1n) is 7.30. The van der Waals surface area contributed by atoms with Crippen molar-refractivity contribution in [2.75, 3.05) is 13.2 Å². The zero-order valence-corrected chi connectivity index (χ0v) is 14.4. The fourth-order valence-corrected chi connectivity index (χ4v) is 4.93. The van der Waals surface area contributed by atoms with Gasteiger partial charge in [0.25, 0.3) is 0 Å². The van der Waals surface area contributed by atoms with E-state index in [-0.39, 0.29) is 0 Å².